The molecule has 0 radical (unpaired) electrons. The van der Waals surface area contributed by atoms with Crippen LogP contribution in [0.2, 0.25) is 0 Å². The number of likely N-dealkylation sites (tertiary alicyclic amines) is 2. The summed E-state index contributed by atoms with van der Waals surface area (Å²) in [4.78, 5) is 17.1. The molecule has 1 aromatic rings. The number of benzene rings is 1. The first-order valence-electron chi connectivity index (χ1n) is 7.84. The van der Waals surface area contributed by atoms with Crippen molar-refractivity contribution in [1.82, 2.24) is 9.80 Å². The van der Waals surface area contributed by atoms with E-state index in [4.69, 9.17) is 0 Å². The van der Waals surface area contributed by atoms with Gasteiger partial charge in [0.1, 0.15) is 0 Å². The largest absolute Gasteiger partial charge is 0.339 e. The number of hydrogen-bond donors (Lipinski definition) is 0. The quantitative estimate of drug-likeness (QED) is 0.826. The Morgan fingerprint density at radius 1 is 1.10 bits per heavy atom. The van der Waals surface area contributed by atoms with Crippen LogP contribution < -0.4 is 0 Å². The maximum Gasteiger partial charge on any atom is 0.253 e. The van der Waals surface area contributed by atoms with Crippen molar-refractivity contribution in [2.75, 3.05) is 26.2 Å². The molecule has 0 N–H and O–H groups in total. The molecule has 0 unspecified atom stereocenters. The molecule has 2 heterocycles. The molecule has 2 aliphatic heterocycles. The van der Waals surface area contributed by atoms with Gasteiger partial charge >= 0.3 is 0 Å². The summed E-state index contributed by atoms with van der Waals surface area (Å²) in [5.74, 6) is 0.202. The van der Waals surface area contributed by atoms with Crippen molar-refractivity contribution < 1.29 is 4.79 Å². The summed E-state index contributed by atoms with van der Waals surface area (Å²) in [5.41, 5.74) is 1.99. The molecule has 0 bridgehead atoms. The predicted molar refractivity (Wildman–Crippen MR) is 80.9 cm³/mol. The molecule has 3 nitrogen and oxygen atoms in total. The molecule has 108 valence electrons. The second-order valence-electron chi connectivity index (χ2n) is 6.14. The first kappa shape index (κ1) is 13.6. The minimum atomic E-state index is 0.202. The fraction of sp³-hybridized carbons (Fsp3) is 0.588. The van der Waals surface area contributed by atoms with Crippen LogP contribution in [0, 0.1) is 6.92 Å². The maximum atomic E-state index is 12.5. The lowest BCUT2D eigenvalue weighted by Crippen LogP contribution is -2.45. The van der Waals surface area contributed by atoms with Crippen molar-refractivity contribution in [1.29, 1.82) is 0 Å². The fourth-order valence-corrected chi connectivity index (χ4v) is 3.50. The Balaban J connectivity index is 1.58. The Hall–Kier alpha value is -1.35. The molecular weight excluding hydrogens is 248 g/mol. The van der Waals surface area contributed by atoms with E-state index in [0.29, 0.717) is 6.04 Å². The number of amides is 1. The molecule has 0 spiro atoms. The van der Waals surface area contributed by atoms with Crippen LogP contribution in [0.15, 0.2) is 24.3 Å². The van der Waals surface area contributed by atoms with Gasteiger partial charge in [-0.25, -0.2) is 0 Å². The van der Waals surface area contributed by atoms with Crippen LogP contribution in [0.5, 0.6) is 0 Å². The highest BCUT2D eigenvalue weighted by atomic mass is 16.2. The third kappa shape index (κ3) is 2.88. The van der Waals surface area contributed by atoms with Gasteiger partial charge < -0.3 is 9.80 Å². The molecular formula is C17H24N2O. The van der Waals surface area contributed by atoms with Crippen LogP contribution >= 0.6 is 0 Å². The zero-order valence-corrected chi connectivity index (χ0v) is 12.3. The summed E-state index contributed by atoms with van der Waals surface area (Å²) in [6.07, 6.45) is 4.97. The molecule has 0 aliphatic carbocycles. The highest BCUT2D eigenvalue weighted by Crippen LogP contribution is 2.22. The molecule has 2 aliphatic rings. The summed E-state index contributed by atoms with van der Waals surface area (Å²) >= 11 is 0. The van der Waals surface area contributed by atoms with Crippen molar-refractivity contribution in [3.63, 3.8) is 0 Å². The molecule has 2 saturated heterocycles. The van der Waals surface area contributed by atoms with Gasteiger partial charge in [0.05, 0.1) is 0 Å². The van der Waals surface area contributed by atoms with Crippen LogP contribution in [-0.4, -0.2) is 47.9 Å². The standard InChI is InChI=1S/C17H24N2O/c1-14-5-4-6-15(13-14)17(20)19-11-7-16(8-12-19)18-9-2-3-10-18/h4-6,13,16H,2-3,7-12H2,1H3. The van der Waals surface area contributed by atoms with E-state index >= 15 is 0 Å². The van der Waals surface area contributed by atoms with E-state index in [0.717, 1.165) is 37.1 Å². The smallest absolute Gasteiger partial charge is 0.253 e. The second kappa shape index (κ2) is 5.96. The second-order valence-corrected chi connectivity index (χ2v) is 6.14. The lowest BCUT2D eigenvalue weighted by Gasteiger charge is -2.36. The van der Waals surface area contributed by atoms with Crippen LogP contribution in [0.1, 0.15) is 41.6 Å². The maximum absolute atomic E-state index is 12.5. The highest BCUT2D eigenvalue weighted by molar-refractivity contribution is 5.94. The summed E-state index contributed by atoms with van der Waals surface area (Å²) in [7, 11) is 0. The van der Waals surface area contributed by atoms with Crippen molar-refractivity contribution in [2.45, 2.75) is 38.6 Å². The Labute approximate surface area is 121 Å². The topological polar surface area (TPSA) is 23.6 Å². The molecule has 1 aromatic carbocycles. The third-order valence-electron chi connectivity index (χ3n) is 4.67. The van der Waals surface area contributed by atoms with Crippen molar-refractivity contribution in [3.8, 4) is 0 Å². The Bertz CT molecular complexity index is 472. The van der Waals surface area contributed by atoms with Crippen molar-refractivity contribution >= 4 is 5.91 Å². The van der Waals surface area contributed by atoms with Gasteiger partial charge in [0.2, 0.25) is 0 Å². The van der Waals surface area contributed by atoms with E-state index in [1.807, 2.05) is 36.1 Å². The van der Waals surface area contributed by atoms with Crippen LogP contribution in [0.3, 0.4) is 0 Å². The minimum Gasteiger partial charge on any atom is -0.339 e. The number of carbonyl (C=O) groups is 1. The molecule has 0 atom stereocenters. The van der Waals surface area contributed by atoms with E-state index < -0.39 is 0 Å². The SMILES string of the molecule is Cc1cccc(C(=O)N2CCC(N3CCCC3)CC2)c1. The van der Waals surface area contributed by atoms with E-state index in [-0.39, 0.29) is 5.91 Å². The Morgan fingerprint density at radius 3 is 2.45 bits per heavy atom. The van der Waals surface area contributed by atoms with E-state index in [2.05, 4.69) is 4.90 Å². The average Bonchev–Trinajstić information content (AvgIpc) is 3.01. The summed E-state index contributed by atoms with van der Waals surface area (Å²) < 4.78 is 0. The monoisotopic (exact) mass is 272 g/mol. The third-order valence-corrected chi connectivity index (χ3v) is 4.67. The number of carbonyl (C=O) groups excluding carboxylic acids is 1. The van der Waals surface area contributed by atoms with Gasteiger partial charge in [-0.05, 0) is 57.8 Å². The lowest BCUT2D eigenvalue weighted by molar-refractivity contribution is 0.0644. The predicted octanol–water partition coefficient (Wildman–Crippen LogP) is 2.70. The molecule has 0 aromatic heterocycles. The summed E-state index contributed by atoms with van der Waals surface area (Å²) in [6, 6.07) is 8.64. The average molecular weight is 272 g/mol. The zero-order chi connectivity index (χ0) is 13.9. The van der Waals surface area contributed by atoms with Crippen molar-refractivity contribution in [2.24, 2.45) is 0 Å². The Morgan fingerprint density at radius 2 is 1.80 bits per heavy atom. The van der Waals surface area contributed by atoms with Gasteiger partial charge in [-0.15, -0.1) is 0 Å². The number of piperidine rings is 1. The molecule has 3 heteroatoms. The molecule has 0 saturated carbocycles. The number of hydrogen-bond acceptors (Lipinski definition) is 2. The summed E-state index contributed by atoms with van der Waals surface area (Å²) in [6.45, 7) is 6.38. The van der Waals surface area contributed by atoms with Gasteiger partial charge in [-0.3, -0.25) is 4.79 Å². The molecule has 1 amide bonds. The van der Waals surface area contributed by atoms with Crippen molar-refractivity contribution in [3.05, 3.63) is 35.4 Å². The number of nitrogens with zero attached hydrogens (tertiary/aromatic N) is 2. The lowest BCUT2D eigenvalue weighted by atomic mass is 10.0. The van der Waals surface area contributed by atoms with Gasteiger partial charge in [0.25, 0.3) is 5.91 Å². The normalized spacial score (nSPS) is 21.4. The van der Waals surface area contributed by atoms with Gasteiger partial charge in [-0.2, -0.15) is 0 Å². The number of aryl methyl sites for hydroxylation is 1. The Kier molecular flexibility index (Phi) is 4.06. The minimum absolute atomic E-state index is 0.202. The fourth-order valence-electron chi connectivity index (χ4n) is 3.50. The van der Waals surface area contributed by atoms with Crippen LogP contribution in [-0.2, 0) is 0 Å². The first-order valence-corrected chi connectivity index (χ1v) is 7.84. The molecule has 2 fully saturated rings. The van der Waals surface area contributed by atoms with E-state index in [1.165, 1.54) is 25.9 Å². The number of rotatable bonds is 2. The van der Waals surface area contributed by atoms with E-state index in [9.17, 15) is 4.79 Å². The van der Waals surface area contributed by atoms with Gasteiger partial charge in [0, 0.05) is 24.7 Å². The zero-order valence-electron chi connectivity index (χ0n) is 12.3. The van der Waals surface area contributed by atoms with Gasteiger partial charge in [0.15, 0.2) is 0 Å². The van der Waals surface area contributed by atoms with Gasteiger partial charge in [-0.1, -0.05) is 17.7 Å². The highest BCUT2D eigenvalue weighted by Gasteiger charge is 2.28. The molecule has 3 rings (SSSR count). The molecule has 20 heavy (non-hydrogen) atoms. The first-order chi connectivity index (χ1) is 9.74. The van der Waals surface area contributed by atoms with E-state index in [1.54, 1.807) is 0 Å². The van der Waals surface area contributed by atoms with Crippen LogP contribution in [0.4, 0.5) is 0 Å². The van der Waals surface area contributed by atoms with Crippen LogP contribution in [0.25, 0.3) is 0 Å². The summed E-state index contributed by atoms with van der Waals surface area (Å²) in [5, 5.41) is 0.